The fourth-order valence-corrected chi connectivity index (χ4v) is 4.04. The number of ether oxygens (including phenoxy) is 1. The summed E-state index contributed by atoms with van der Waals surface area (Å²) in [5, 5.41) is 17.5. The van der Waals surface area contributed by atoms with Gasteiger partial charge in [-0.15, -0.1) is 0 Å². The minimum absolute atomic E-state index is 0.172. The lowest BCUT2D eigenvalue weighted by atomic mass is 10.0. The maximum absolute atomic E-state index is 10.7. The molecule has 0 radical (unpaired) electrons. The largest absolute Gasteiger partial charge is 0.496 e. The molecule has 0 amide bonds. The molecule has 3 rings (SSSR count). The summed E-state index contributed by atoms with van der Waals surface area (Å²) in [6, 6.07) is 11.9. The van der Waals surface area contributed by atoms with Gasteiger partial charge in [-0.3, -0.25) is 4.90 Å². The monoisotopic (exact) mass is 428 g/mol. The predicted octanol–water partition coefficient (Wildman–Crippen LogP) is 3.28. The molecule has 7 nitrogen and oxygen atoms in total. The van der Waals surface area contributed by atoms with Gasteiger partial charge in [0.25, 0.3) is 0 Å². The summed E-state index contributed by atoms with van der Waals surface area (Å²) in [5.74, 6) is 2.08. The molecule has 1 aliphatic heterocycles. The molecular weight excluding hydrogens is 392 g/mol. The second kappa shape index (κ2) is 11.2. The fourth-order valence-electron chi connectivity index (χ4n) is 4.04. The Morgan fingerprint density at radius 1 is 1.19 bits per heavy atom. The van der Waals surface area contributed by atoms with Crippen LogP contribution in [0.3, 0.4) is 0 Å². The van der Waals surface area contributed by atoms with Crippen LogP contribution in [0.2, 0.25) is 0 Å². The van der Waals surface area contributed by atoms with E-state index in [2.05, 4.69) is 32.7 Å². The number of hydrogen-bond donors (Lipinski definition) is 3. The third-order valence-corrected chi connectivity index (χ3v) is 5.73. The highest BCUT2D eigenvalue weighted by atomic mass is 16.5. The SMILES string of the molecule is CCNC(=NCC(C)(O)c1ccco1)NCC(c1ccccc1OC)N1CCCCC1. The van der Waals surface area contributed by atoms with Gasteiger partial charge in [-0.25, -0.2) is 4.99 Å². The molecule has 0 aliphatic carbocycles. The number of nitrogens with one attached hydrogen (secondary N) is 2. The Bertz CT molecular complexity index is 814. The van der Waals surface area contributed by atoms with Crippen molar-refractivity contribution in [1.82, 2.24) is 15.5 Å². The van der Waals surface area contributed by atoms with Crippen LogP contribution < -0.4 is 15.4 Å². The number of furan rings is 1. The summed E-state index contributed by atoms with van der Waals surface area (Å²) < 4.78 is 11.0. The van der Waals surface area contributed by atoms with Gasteiger partial charge in [-0.2, -0.15) is 0 Å². The topological polar surface area (TPSA) is 82.3 Å². The summed E-state index contributed by atoms with van der Waals surface area (Å²) >= 11 is 0. The van der Waals surface area contributed by atoms with Crippen molar-refractivity contribution in [2.75, 3.05) is 39.8 Å². The number of para-hydroxylation sites is 1. The van der Waals surface area contributed by atoms with E-state index in [9.17, 15) is 5.11 Å². The van der Waals surface area contributed by atoms with Gasteiger partial charge < -0.3 is 24.9 Å². The molecular formula is C24H36N4O3. The number of aliphatic imine (C=N–C) groups is 1. The molecule has 170 valence electrons. The molecule has 2 unspecified atom stereocenters. The highest BCUT2D eigenvalue weighted by molar-refractivity contribution is 5.79. The van der Waals surface area contributed by atoms with Crippen molar-refractivity contribution < 1.29 is 14.3 Å². The van der Waals surface area contributed by atoms with E-state index in [0.717, 1.165) is 25.4 Å². The molecule has 2 aromatic rings. The highest BCUT2D eigenvalue weighted by Gasteiger charge is 2.27. The van der Waals surface area contributed by atoms with Gasteiger partial charge in [0.05, 0.1) is 26.0 Å². The van der Waals surface area contributed by atoms with Crippen LogP contribution in [0.25, 0.3) is 0 Å². The zero-order valence-corrected chi connectivity index (χ0v) is 18.9. The van der Waals surface area contributed by atoms with Crippen molar-refractivity contribution in [2.24, 2.45) is 4.99 Å². The summed E-state index contributed by atoms with van der Waals surface area (Å²) in [4.78, 5) is 7.15. The molecule has 2 atom stereocenters. The number of nitrogens with zero attached hydrogens (tertiary/aromatic N) is 2. The van der Waals surface area contributed by atoms with Crippen molar-refractivity contribution in [3.63, 3.8) is 0 Å². The minimum atomic E-state index is -1.17. The van der Waals surface area contributed by atoms with Crippen LogP contribution in [0.1, 0.15) is 50.5 Å². The van der Waals surface area contributed by atoms with E-state index < -0.39 is 5.60 Å². The van der Waals surface area contributed by atoms with Crippen molar-refractivity contribution in [1.29, 1.82) is 0 Å². The predicted molar refractivity (Wildman–Crippen MR) is 123 cm³/mol. The molecule has 3 N–H and O–H groups in total. The first-order valence-electron chi connectivity index (χ1n) is 11.2. The van der Waals surface area contributed by atoms with E-state index in [0.29, 0.717) is 18.3 Å². The number of rotatable bonds is 9. The number of methoxy groups -OCH3 is 1. The van der Waals surface area contributed by atoms with Crippen molar-refractivity contribution in [3.05, 3.63) is 54.0 Å². The van der Waals surface area contributed by atoms with Gasteiger partial charge in [-0.05, 0) is 58.0 Å². The number of aliphatic hydroxyl groups is 1. The summed E-state index contributed by atoms with van der Waals surface area (Å²) in [7, 11) is 1.72. The Labute approximate surface area is 185 Å². The first-order chi connectivity index (χ1) is 15.0. The Morgan fingerprint density at radius 3 is 2.65 bits per heavy atom. The molecule has 1 saturated heterocycles. The molecule has 1 aromatic carbocycles. The average Bonchev–Trinajstić information content (AvgIpc) is 3.35. The fraction of sp³-hybridized carbons (Fsp3) is 0.542. The van der Waals surface area contributed by atoms with Gasteiger partial charge >= 0.3 is 0 Å². The molecule has 7 heteroatoms. The number of guanidine groups is 1. The lowest BCUT2D eigenvalue weighted by Gasteiger charge is -2.36. The van der Waals surface area contributed by atoms with E-state index in [-0.39, 0.29) is 12.6 Å². The zero-order chi connectivity index (χ0) is 22.1. The van der Waals surface area contributed by atoms with Crippen molar-refractivity contribution in [3.8, 4) is 5.75 Å². The smallest absolute Gasteiger partial charge is 0.191 e. The number of benzene rings is 1. The maximum Gasteiger partial charge on any atom is 0.191 e. The van der Waals surface area contributed by atoms with Gasteiger partial charge in [0.2, 0.25) is 0 Å². The molecule has 31 heavy (non-hydrogen) atoms. The Balaban J connectivity index is 1.75. The molecule has 1 aliphatic rings. The van der Waals surface area contributed by atoms with Crippen LogP contribution >= 0.6 is 0 Å². The van der Waals surface area contributed by atoms with E-state index in [1.807, 2.05) is 19.1 Å². The number of piperidine rings is 1. The van der Waals surface area contributed by atoms with Crippen molar-refractivity contribution >= 4 is 5.96 Å². The van der Waals surface area contributed by atoms with Crippen LogP contribution in [0, 0.1) is 0 Å². The summed E-state index contributed by atoms with van der Waals surface area (Å²) in [6.07, 6.45) is 5.28. The van der Waals surface area contributed by atoms with E-state index in [1.54, 1.807) is 32.4 Å². The third-order valence-electron chi connectivity index (χ3n) is 5.73. The number of hydrogen-bond acceptors (Lipinski definition) is 5. The lowest BCUT2D eigenvalue weighted by molar-refractivity contribution is 0.0436. The minimum Gasteiger partial charge on any atom is -0.496 e. The molecule has 2 heterocycles. The van der Waals surface area contributed by atoms with E-state index in [1.165, 1.54) is 24.8 Å². The normalized spacial score (nSPS) is 18.3. The summed E-state index contributed by atoms with van der Waals surface area (Å²) in [5.41, 5.74) is 0.0126. The Kier molecular flexibility index (Phi) is 8.37. The lowest BCUT2D eigenvalue weighted by Crippen LogP contribution is -2.45. The van der Waals surface area contributed by atoms with Crippen LogP contribution in [0.5, 0.6) is 5.75 Å². The quantitative estimate of drug-likeness (QED) is 0.420. The third kappa shape index (κ3) is 6.24. The molecule has 0 bridgehead atoms. The molecule has 1 aromatic heterocycles. The molecule has 0 spiro atoms. The second-order valence-corrected chi connectivity index (χ2v) is 8.18. The maximum atomic E-state index is 10.7. The van der Waals surface area contributed by atoms with Gasteiger partial charge in [0.1, 0.15) is 17.1 Å². The Morgan fingerprint density at radius 2 is 1.97 bits per heavy atom. The summed E-state index contributed by atoms with van der Waals surface area (Å²) in [6.45, 7) is 7.51. The first kappa shape index (κ1) is 23.2. The highest BCUT2D eigenvalue weighted by Crippen LogP contribution is 2.31. The van der Waals surface area contributed by atoms with Gasteiger partial charge in [0, 0.05) is 18.7 Å². The van der Waals surface area contributed by atoms with Crippen LogP contribution in [-0.2, 0) is 5.60 Å². The van der Waals surface area contributed by atoms with Gasteiger partial charge in [-0.1, -0.05) is 24.6 Å². The zero-order valence-electron chi connectivity index (χ0n) is 18.9. The number of likely N-dealkylation sites (tertiary alicyclic amines) is 1. The molecule has 0 saturated carbocycles. The standard InChI is InChI=1S/C24H36N4O3/c1-4-25-23(27-18-24(2,29)22-13-10-16-31-22)26-17-20(28-14-8-5-9-15-28)19-11-6-7-12-21(19)30-3/h6-7,10-13,16,20,29H,4-5,8-9,14-15,17-18H2,1-3H3,(H2,25,26,27). The van der Waals surface area contributed by atoms with Crippen LogP contribution in [-0.4, -0.2) is 55.8 Å². The van der Waals surface area contributed by atoms with Crippen LogP contribution in [0.15, 0.2) is 52.1 Å². The molecule has 1 fully saturated rings. The average molecular weight is 429 g/mol. The first-order valence-corrected chi connectivity index (χ1v) is 11.2. The second-order valence-electron chi connectivity index (χ2n) is 8.18. The Hall–Kier alpha value is -2.51. The van der Waals surface area contributed by atoms with Crippen LogP contribution in [0.4, 0.5) is 0 Å². The van der Waals surface area contributed by atoms with E-state index in [4.69, 9.17) is 9.15 Å². The van der Waals surface area contributed by atoms with Gasteiger partial charge in [0.15, 0.2) is 5.96 Å². The van der Waals surface area contributed by atoms with Crippen molar-refractivity contribution in [2.45, 2.75) is 44.8 Å². The van der Waals surface area contributed by atoms with E-state index >= 15 is 0 Å².